The standard InChI is InChI=1S/C13H16NO3/c1-3-14(4-2)13(16)10-17-12-7-5-11(9-15)6-8-12/h5-8H,3-4,10H2,1-2H3. The smallest absolute Gasteiger partial charge is 0.260 e. The van der Waals surface area contributed by atoms with Crippen LogP contribution in [0.2, 0.25) is 0 Å². The molecule has 0 unspecified atom stereocenters. The summed E-state index contributed by atoms with van der Waals surface area (Å²) in [6.45, 7) is 5.23. The quantitative estimate of drug-likeness (QED) is 0.747. The molecule has 0 aliphatic rings. The van der Waals surface area contributed by atoms with E-state index in [1.54, 1.807) is 35.5 Å². The van der Waals surface area contributed by atoms with Crippen molar-refractivity contribution in [1.82, 2.24) is 4.90 Å². The minimum absolute atomic E-state index is 0.0197. The second-order valence-corrected chi connectivity index (χ2v) is 3.48. The Morgan fingerprint density at radius 1 is 1.24 bits per heavy atom. The number of hydrogen-bond acceptors (Lipinski definition) is 3. The summed E-state index contributed by atoms with van der Waals surface area (Å²) in [6, 6.07) is 6.50. The molecule has 0 atom stereocenters. The highest BCUT2D eigenvalue weighted by molar-refractivity contribution is 5.78. The summed E-state index contributed by atoms with van der Waals surface area (Å²) in [5.74, 6) is 0.533. The molecule has 0 aliphatic heterocycles. The van der Waals surface area contributed by atoms with E-state index in [-0.39, 0.29) is 12.5 Å². The van der Waals surface area contributed by atoms with Gasteiger partial charge in [0.25, 0.3) is 5.91 Å². The van der Waals surface area contributed by atoms with Crippen LogP contribution in [-0.4, -0.2) is 36.8 Å². The Labute approximate surface area is 101 Å². The average Bonchev–Trinajstić information content (AvgIpc) is 2.38. The lowest BCUT2D eigenvalue weighted by Gasteiger charge is -2.18. The summed E-state index contributed by atoms with van der Waals surface area (Å²) in [4.78, 5) is 23.7. The average molecular weight is 234 g/mol. The zero-order chi connectivity index (χ0) is 12.7. The van der Waals surface area contributed by atoms with Crippen molar-refractivity contribution in [3.63, 3.8) is 0 Å². The van der Waals surface area contributed by atoms with Gasteiger partial charge in [-0.1, -0.05) is 0 Å². The number of nitrogens with zero attached hydrogens (tertiary/aromatic N) is 1. The van der Waals surface area contributed by atoms with E-state index in [4.69, 9.17) is 4.74 Å². The highest BCUT2D eigenvalue weighted by Crippen LogP contribution is 2.11. The van der Waals surface area contributed by atoms with E-state index in [0.717, 1.165) is 0 Å². The van der Waals surface area contributed by atoms with Crippen LogP contribution in [0.3, 0.4) is 0 Å². The number of carbonyl (C=O) groups is 1. The molecular formula is C13H16NO3. The normalized spacial score (nSPS) is 9.76. The van der Waals surface area contributed by atoms with Crippen molar-refractivity contribution in [2.24, 2.45) is 0 Å². The zero-order valence-corrected chi connectivity index (χ0v) is 10.1. The minimum atomic E-state index is -0.0407. The third-order valence-electron chi connectivity index (χ3n) is 2.45. The predicted molar refractivity (Wildman–Crippen MR) is 64.7 cm³/mol. The van der Waals surface area contributed by atoms with Crippen LogP contribution in [0.5, 0.6) is 5.75 Å². The van der Waals surface area contributed by atoms with Gasteiger partial charge in [0.1, 0.15) is 5.75 Å². The fourth-order valence-electron chi connectivity index (χ4n) is 1.43. The summed E-state index contributed by atoms with van der Waals surface area (Å²) in [5.41, 5.74) is 0.465. The molecule has 1 radical (unpaired) electrons. The Morgan fingerprint density at radius 2 is 1.82 bits per heavy atom. The molecule has 0 aliphatic carbocycles. The molecule has 0 fully saturated rings. The number of likely N-dealkylation sites (N-methyl/N-ethyl adjacent to an activating group) is 1. The number of hydrogen-bond donors (Lipinski definition) is 0. The highest BCUT2D eigenvalue weighted by atomic mass is 16.5. The zero-order valence-electron chi connectivity index (χ0n) is 10.1. The third kappa shape index (κ3) is 3.90. The van der Waals surface area contributed by atoms with Gasteiger partial charge < -0.3 is 9.64 Å². The van der Waals surface area contributed by atoms with E-state index in [1.165, 1.54) is 0 Å². The molecule has 91 valence electrons. The van der Waals surface area contributed by atoms with E-state index < -0.39 is 0 Å². The molecule has 0 N–H and O–H groups in total. The second-order valence-electron chi connectivity index (χ2n) is 3.48. The summed E-state index contributed by atoms with van der Waals surface area (Å²) in [6.07, 6.45) is 1.77. The molecule has 17 heavy (non-hydrogen) atoms. The molecule has 0 saturated carbocycles. The van der Waals surface area contributed by atoms with Crippen LogP contribution in [0.25, 0.3) is 0 Å². The van der Waals surface area contributed by atoms with Gasteiger partial charge in [-0.2, -0.15) is 0 Å². The maximum Gasteiger partial charge on any atom is 0.260 e. The molecule has 1 rings (SSSR count). The maximum atomic E-state index is 11.6. The Kier molecular flexibility index (Phi) is 5.20. The SMILES string of the molecule is CCN(CC)C(=O)COc1ccc([C]=O)cc1. The lowest BCUT2D eigenvalue weighted by molar-refractivity contribution is -0.132. The molecule has 0 aromatic heterocycles. The molecule has 1 amide bonds. The number of ether oxygens (including phenoxy) is 1. The van der Waals surface area contributed by atoms with Crippen LogP contribution in [0.15, 0.2) is 24.3 Å². The molecule has 1 aromatic rings. The van der Waals surface area contributed by atoms with Crippen LogP contribution in [-0.2, 0) is 9.59 Å². The molecule has 4 nitrogen and oxygen atoms in total. The van der Waals surface area contributed by atoms with Crippen LogP contribution < -0.4 is 4.74 Å². The number of carbonyl (C=O) groups excluding carboxylic acids is 2. The maximum absolute atomic E-state index is 11.6. The van der Waals surface area contributed by atoms with E-state index in [0.29, 0.717) is 24.4 Å². The predicted octanol–water partition coefficient (Wildman–Crippen LogP) is 1.39. The Bertz CT molecular complexity index is 369. The molecule has 0 saturated heterocycles. The Morgan fingerprint density at radius 3 is 2.29 bits per heavy atom. The molecule has 0 heterocycles. The van der Waals surface area contributed by atoms with Crippen molar-refractivity contribution in [3.8, 4) is 5.75 Å². The molecule has 4 heteroatoms. The van der Waals surface area contributed by atoms with Crippen molar-refractivity contribution < 1.29 is 14.3 Å². The number of rotatable bonds is 6. The van der Waals surface area contributed by atoms with Crippen molar-refractivity contribution in [2.75, 3.05) is 19.7 Å². The van der Waals surface area contributed by atoms with Gasteiger partial charge in [0.15, 0.2) is 6.61 Å². The van der Waals surface area contributed by atoms with Gasteiger partial charge in [0.2, 0.25) is 6.29 Å². The van der Waals surface area contributed by atoms with Gasteiger partial charge in [-0.05, 0) is 38.1 Å². The first-order valence-electron chi connectivity index (χ1n) is 5.60. The van der Waals surface area contributed by atoms with Crippen LogP contribution in [0, 0.1) is 0 Å². The van der Waals surface area contributed by atoms with Crippen LogP contribution in [0.1, 0.15) is 19.4 Å². The van der Waals surface area contributed by atoms with Gasteiger partial charge in [0.05, 0.1) is 0 Å². The summed E-state index contributed by atoms with van der Waals surface area (Å²) in [7, 11) is 0. The van der Waals surface area contributed by atoms with Gasteiger partial charge in [-0.3, -0.25) is 9.59 Å². The summed E-state index contributed by atoms with van der Waals surface area (Å²) < 4.78 is 5.33. The fourth-order valence-corrected chi connectivity index (χ4v) is 1.43. The van der Waals surface area contributed by atoms with Crippen LogP contribution in [0.4, 0.5) is 0 Å². The Hall–Kier alpha value is -1.84. The van der Waals surface area contributed by atoms with E-state index in [2.05, 4.69) is 0 Å². The first-order chi connectivity index (χ1) is 8.21. The van der Waals surface area contributed by atoms with Crippen molar-refractivity contribution in [3.05, 3.63) is 29.8 Å². The lowest BCUT2D eigenvalue weighted by Crippen LogP contribution is -2.34. The number of benzene rings is 1. The van der Waals surface area contributed by atoms with Crippen molar-refractivity contribution in [2.45, 2.75) is 13.8 Å². The highest BCUT2D eigenvalue weighted by Gasteiger charge is 2.09. The molecule has 0 spiro atoms. The molecular weight excluding hydrogens is 218 g/mol. The molecule has 1 aromatic carbocycles. The number of amides is 1. The molecule has 0 bridgehead atoms. The van der Waals surface area contributed by atoms with E-state index in [9.17, 15) is 9.59 Å². The van der Waals surface area contributed by atoms with Gasteiger partial charge in [-0.25, -0.2) is 0 Å². The van der Waals surface area contributed by atoms with Gasteiger partial charge in [0, 0.05) is 18.7 Å². The van der Waals surface area contributed by atoms with Gasteiger partial charge >= 0.3 is 0 Å². The first kappa shape index (κ1) is 13.2. The fraction of sp³-hybridized carbons (Fsp3) is 0.385. The minimum Gasteiger partial charge on any atom is -0.484 e. The van der Waals surface area contributed by atoms with E-state index in [1.807, 2.05) is 13.8 Å². The van der Waals surface area contributed by atoms with Crippen LogP contribution >= 0.6 is 0 Å². The second kappa shape index (κ2) is 6.68. The topological polar surface area (TPSA) is 46.6 Å². The monoisotopic (exact) mass is 234 g/mol. The van der Waals surface area contributed by atoms with E-state index >= 15 is 0 Å². The Balaban J connectivity index is 2.49. The van der Waals surface area contributed by atoms with Crippen molar-refractivity contribution in [1.29, 1.82) is 0 Å². The first-order valence-corrected chi connectivity index (χ1v) is 5.60. The summed E-state index contributed by atoms with van der Waals surface area (Å²) in [5, 5.41) is 0. The van der Waals surface area contributed by atoms with Crippen molar-refractivity contribution >= 4 is 12.2 Å². The third-order valence-corrected chi connectivity index (χ3v) is 2.45. The van der Waals surface area contributed by atoms with Gasteiger partial charge in [-0.15, -0.1) is 0 Å². The lowest BCUT2D eigenvalue weighted by atomic mass is 10.2. The largest absolute Gasteiger partial charge is 0.484 e. The summed E-state index contributed by atoms with van der Waals surface area (Å²) >= 11 is 0.